The van der Waals surface area contributed by atoms with Crippen molar-refractivity contribution in [2.45, 2.75) is 32.4 Å². The molecule has 1 aromatic carbocycles. The van der Waals surface area contributed by atoms with Gasteiger partial charge in [-0.15, -0.1) is 0 Å². The highest BCUT2D eigenvalue weighted by Gasteiger charge is 2.12. The van der Waals surface area contributed by atoms with E-state index >= 15 is 0 Å². The lowest BCUT2D eigenvalue weighted by Crippen LogP contribution is -2.22. The third kappa shape index (κ3) is 3.33. The lowest BCUT2D eigenvalue weighted by Gasteiger charge is -2.15. The standard InChI is InChI=1S/C13H21N3OSi/c1-18(2,3)8-7-17-10-16-9-11-12(14)5-4-6-13(11)15-16/h4-6,9H,7-8,10,14H2,1-3H3. The van der Waals surface area contributed by atoms with Crippen LogP contribution in [0.5, 0.6) is 0 Å². The highest BCUT2D eigenvalue weighted by molar-refractivity contribution is 6.76. The third-order valence-electron chi connectivity index (χ3n) is 2.85. The largest absolute Gasteiger partial charge is 0.398 e. The van der Waals surface area contributed by atoms with Crippen molar-refractivity contribution in [1.82, 2.24) is 9.78 Å². The van der Waals surface area contributed by atoms with Gasteiger partial charge in [-0.25, -0.2) is 4.68 Å². The van der Waals surface area contributed by atoms with Crippen LogP contribution in [0.3, 0.4) is 0 Å². The molecule has 0 saturated carbocycles. The molecule has 0 aliphatic heterocycles. The Morgan fingerprint density at radius 2 is 2.11 bits per heavy atom. The predicted octanol–water partition coefficient (Wildman–Crippen LogP) is 2.93. The fourth-order valence-corrected chi connectivity index (χ4v) is 2.47. The van der Waals surface area contributed by atoms with E-state index in [1.165, 1.54) is 6.04 Å². The fraction of sp³-hybridized carbons (Fsp3) is 0.462. The Morgan fingerprint density at radius 3 is 2.78 bits per heavy atom. The molecule has 98 valence electrons. The van der Waals surface area contributed by atoms with Crippen molar-refractivity contribution < 1.29 is 4.74 Å². The van der Waals surface area contributed by atoms with Crippen LogP contribution in [0.2, 0.25) is 25.7 Å². The molecule has 0 bridgehead atoms. The molecule has 0 unspecified atom stereocenters. The summed E-state index contributed by atoms with van der Waals surface area (Å²) in [6.07, 6.45) is 1.94. The van der Waals surface area contributed by atoms with Crippen molar-refractivity contribution in [3.63, 3.8) is 0 Å². The first-order chi connectivity index (χ1) is 8.46. The van der Waals surface area contributed by atoms with Crippen LogP contribution in [0.4, 0.5) is 5.69 Å². The van der Waals surface area contributed by atoms with Gasteiger partial charge in [0.15, 0.2) is 0 Å². The third-order valence-corrected chi connectivity index (χ3v) is 4.56. The molecule has 2 aromatic rings. The Morgan fingerprint density at radius 1 is 1.33 bits per heavy atom. The first-order valence-electron chi connectivity index (χ1n) is 6.25. The maximum Gasteiger partial charge on any atom is 0.139 e. The van der Waals surface area contributed by atoms with Crippen molar-refractivity contribution in [2.75, 3.05) is 12.3 Å². The van der Waals surface area contributed by atoms with Gasteiger partial charge in [0, 0.05) is 32.0 Å². The zero-order valence-electron chi connectivity index (χ0n) is 11.3. The van der Waals surface area contributed by atoms with E-state index in [2.05, 4.69) is 24.7 Å². The van der Waals surface area contributed by atoms with Gasteiger partial charge in [0.25, 0.3) is 0 Å². The number of nitrogens with zero attached hydrogens (tertiary/aromatic N) is 2. The second-order valence-electron chi connectivity index (χ2n) is 5.80. The van der Waals surface area contributed by atoms with Crippen molar-refractivity contribution >= 4 is 24.7 Å². The molecule has 4 nitrogen and oxygen atoms in total. The zero-order chi connectivity index (χ0) is 13.2. The zero-order valence-corrected chi connectivity index (χ0v) is 12.3. The summed E-state index contributed by atoms with van der Waals surface area (Å²) in [5.41, 5.74) is 7.58. The van der Waals surface area contributed by atoms with Crippen molar-refractivity contribution in [2.24, 2.45) is 0 Å². The first-order valence-corrected chi connectivity index (χ1v) is 9.96. The van der Waals surface area contributed by atoms with Crippen molar-refractivity contribution in [1.29, 1.82) is 0 Å². The van der Waals surface area contributed by atoms with E-state index in [1.807, 2.05) is 29.1 Å². The molecule has 1 aromatic heterocycles. The van der Waals surface area contributed by atoms with Gasteiger partial charge in [0.05, 0.1) is 5.52 Å². The lowest BCUT2D eigenvalue weighted by molar-refractivity contribution is 0.0791. The Hall–Kier alpha value is -1.33. The number of hydrogen-bond donors (Lipinski definition) is 1. The number of nitrogens with two attached hydrogens (primary N) is 1. The van der Waals surface area contributed by atoms with E-state index in [0.717, 1.165) is 23.2 Å². The first kappa shape index (κ1) is 13.1. The molecule has 18 heavy (non-hydrogen) atoms. The number of aromatic nitrogens is 2. The predicted molar refractivity (Wildman–Crippen MR) is 78.3 cm³/mol. The maximum absolute atomic E-state index is 5.89. The van der Waals surface area contributed by atoms with Crippen LogP contribution >= 0.6 is 0 Å². The van der Waals surface area contributed by atoms with Gasteiger partial charge in [-0.05, 0) is 18.2 Å². The number of hydrogen-bond acceptors (Lipinski definition) is 3. The Kier molecular flexibility index (Phi) is 3.73. The van der Waals surface area contributed by atoms with E-state index in [-0.39, 0.29) is 0 Å². The molecule has 0 fully saturated rings. The summed E-state index contributed by atoms with van der Waals surface area (Å²) >= 11 is 0. The van der Waals surface area contributed by atoms with Gasteiger partial charge in [-0.1, -0.05) is 25.7 Å². The minimum atomic E-state index is -1.01. The summed E-state index contributed by atoms with van der Waals surface area (Å²) in [4.78, 5) is 0. The Labute approximate surface area is 109 Å². The van der Waals surface area contributed by atoms with E-state index < -0.39 is 8.07 Å². The average molecular weight is 263 g/mol. The SMILES string of the molecule is C[Si](C)(C)CCOCn1cc2c(N)cccc2n1. The number of rotatable bonds is 5. The van der Waals surface area contributed by atoms with Gasteiger partial charge in [-0.3, -0.25) is 0 Å². The fourth-order valence-electron chi connectivity index (χ4n) is 1.72. The van der Waals surface area contributed by atoms with Crippen LogP contribution in [0.1, 0.15) is 0 Å². The van der Waals surface area contributed by atoms with Crippen molar-refractivity contribution in [3.8, 4) is 0 Å². The van der Waals surface area contributed by atoms with Crippen LogP contribution in [-0.2, 0) is 11.5 Å². The molecule has 0 saturated heterocycles. The smallest absolute Gasteiger partial charge is 0.139 e. The monoisotopic (exact) mass is 263 g/mol. The number of nitrogen functional groups attached to an aromatic ring is 1. The molecular formula is C13H21N3OSi. The summed E-state index contributed by atoms with van der Waals surface area (Å²) in [5.74, 6) is 0. The number of benzene rings is 1. The number of fused-ring (bicyclic) bond motifs is 1. The number of anilines is 1. The summed E-state index contributed by atoms with van der Waals surface area (Å²) in [6.45, 7) is 8.35. The maximum atomic E-state index is 5.89. The van der Waals surface area contributed by atoms with E-state index in [0.29, 0.717) is 6.73 Å². The van der Waals surface area contributed by atoms with Crippen LogP contribution in [-0.4, -0.2) is 24.5 Å². The van der Waals surface area contributed by atoms with Gasteiger partial charge in [0.1, 0.15) is 6.73 Å². The van der Waals surface area contributed by atoms with Gasteiger partial charge < -0.3 is 10.5 Å². The molecule has 2 rings (SSSR count). The molecule has 0 aliphatic rings. The normalized spacial score (nSPS) is 12.2. The molecule has 1 heterocycles. The molecule has 0 atom stereocenters. The minimum absolute atomic E-state index is 0.499. The Balaban J connectivity index is 1.94. The van der Waals surface area contributed by atoms with Crippen molar-refractivity contribution in [3.05, 3.63) is 24.4 Å². The van der Waals surface area contributed by atoms with E-state index in [4.69, 9.17) is 10.5 Å². The summed E-state index contributed by atoms with van der Waals surface area (Å²) in [7, 11) is -1.01. The van der Waals surface area contributed by atoms with E-state index in [1.54, 1.807) is 0 Å². The molecule has 0 spiro atoms. The molecule has 0 radical (unpaired) electrons. The molecule has 0 aliphatic carbocycles. The quantitative estimate of drug-likeness (QED) is 0.512. The highest BCUT2D eigenvalue weighted by atomic mass is 28.3. The second kappa shape index (κ2) is 5.12. The van der Waals surface area contributed by atoms with Gasteiger partial charge >= 0.3 is 0 Å². The van der Waals surface area contributed by atoms with E-state index in [9.17, 15) is 0 Å². The van der Waals surface area contributed by atoms with Crippen LogP contribution in [0.15, 0.2) is 24.4 Å². The average Bonchev–Trinajstić information content (AvgIpc) is 2.68. The lowest BCUT2D eigenvalue weighted by atomic mass is 10.2. The highest BCUT2D eigenvalue weighted by Crippen LogP contribution is 2.19. The summed E-state index contributed by atoms with van der Waals surface area (Å²) in [6, 6.07) is 6.95. The van der Waals surface area contributed by atoms with Crippen LogP contribution < -0.4 is 5.73 Å². The topological polar surface area (TPSA) is 53.1 Å². The van der Waals surface area contributed by atoms with Crippen LogP contribution in [0, 0.1) is 0 Å². The number of ether oxygens (including phenoxy) is 1. The molecule has 2 N–H and O–H groups in total. The minimum Gasteiger partial charge on any atom is -0.398 e. The van der Waals surface area contributed by atoms with Crippen LogP contribution in [0.25, 0.3) is 10.9 Å². The van der Waals surface area contributed by atoms with Gasteiger partial charge in [0.2, 0.25) is 0 Å². The second-order valence-corrected chi connectivity index (χ2v) is 11.4. The van der Waals surface area contributed by atoms with Gasteiger partial charge in [-0.2, -0.15) is 5.10 Å². The Bertz CT molecular complexity index is 531. The summed E-state index contributed by atoms with van der Waals surface area (Å²) < 4.78 is 7.47. The molecular weight excluding hydrogens is 242 g/mol. The molecule has 5 heteroatoms. The summed E-state index contributed by atoms with van der Waals surface area (Å²) in [5, 5.41) is 5.42. The molecule has 0 amide bonds.